The van der Waals surface area contributed by atoms with Gasteiger partial charge in [0.25, 0.3) is 11.6 Å². The van der Waals surface area contributed by atoms with Crippen LogP contribution in [0.4, 0.5) is 15.8 Å². The van der Waals surface area contributed by atoms with Gasteiger partial charge in [-0.05, 0) is 24.3 Å². The summed E-state index contributed by atoms with van der Waals surface area (Å²) in [7, 11) is 0. The first-order valence-corrected chi connectivity index (χ1v) is 6.72. The molecule has 3 rings (SSSR count). The number of nitrogens with zero attached hydrogens (tertiary/aromatic N) is 2. The molecule has 0 aliphatic rings. The van der Waals surface area contributed by atoms with E-state index in [1.807, 2.05) is 0 Å². The number of nitro benzene ring substituents is 1. The molecule has 116 valence electrons. The van der Waals surface area contributed by atoms with E-state index in [1.54, 1.807) is 0 Å². The minimum Gasteiger partial charge on any atom is -0.318 e. The monoisotopic (exact) mass is 334 g/mol. The van der Waals surface area contributed by atoms with Gasteiger partial charge < -0.3 is 5.32 Å². The van der Waals surface area contributed by atoms with Crippen LogP contribution >= 0.6 is 11.6 Å². The van der Waals surface area contributed by atoms with Gasteiger partial charge in [0.2, 0.25) is 0 Å². The first kappa shape index (κ1) is 14.9. The average Bonchev–Trinajstić information content (AvgIpc) is 2.93. The Hall–Kier alpha value is -3.00. The second-order valence-corrected chi connectivity index (χ2v) is 5.07. The highest BCUT2D eigenvalue weighted by Gasteiger charge is 2.18. The molecule has 0 radical (unpaired) electrons. The third kappa shape index (κ3) is 2.84. The largest absolute Gasteiger partial charge is 0.318 e. The molecule has 0 spiro atoms. The number of hydrogen-bond donors (Lipinski definition) is 2. The quantitative estimate of drug-likeness (QED) is 0.565. The van der Waals surface area contributed by atoms with Crippen LogP contribution in [0, 0.1) is 15.9 Å². The number of benzene rings is 2. The topological polar surface area (TPSA) is 101 Å². The van der Waals surface area contributed by atoms with Crippen molar-refractivity contribution in [2.45, 2.75) is 0 Å². The van der Waals surface area contributed by atoms with E-state index in [0.29, 0.717) is 5.52 Å². The zero-order valence-corrected chi connectivity index (χ0v) is 12.1. The second kappa shape index (κ2) is 5.65. The van der Waals surface area contributed by atoms with Gasteiger partial charge in [0.15, 0.2) is 5.69 Å². The summed E-state index contributed by atoms with van der Waals surface area (Å²) in [5, 5.41) is 20.1. The minimum atomic E-state index is -0.698. The number of halogens is 2. The fourth-order valence-electron chi connectivity index (χ4n) is 2.06. The number of anilines is 1. The summed E-state index contributed by atoms with van der Waals surface area (Å²) in [5.41, 5.74) is 0.141. The Bertz CT molecular complexity index is 941. The van der Waals surface area contributed by atoms with Gasteiger partial charge in [-0.25, -0.2) is 4.39 Å². The van der Waals surface area contributed by atoms with E-state index in [0.717, 1.165) is 6.07 Å². The minimum absolute atomic E-state index is 0.0685. The molecule has 2 aromatic carbocycles. The molecule has 0 saturated carbocycles. The number of aromatic amines is 1. The fraction of sp³-hybridized carbons (Fsp3) is 0. The van der Waals surface area contributed by atoms with Crippen LogP contribution in [0.25, 0.3) is 10.9 Å². The van der Waals surface area contributed by atoms with Gasteiger partial charge in [-0.2, -0.15) is 5.10 Å². The molecule has 0 saturated heterocycles. The van der Waals surface area contributed by atoms with Crippen molar-refractivity contribution in [3.8, 4) is 0 Å². The number of rotatable bonds is 3. The lowest BCUT2D eigenvalue weighted by Gasteiger charge is -2.05. The molecule has 0 bridgehead atoms. The number of H-pyrrole nitrogens is 1. The van der Waals surface area contributed by atoms with Crippen LogP contribution in [-0.2, 0) is 0 Å². The third-order valence-corrected chi connectivity index (χ3v) is 3.39. The lowest BCUT2D eigenvalue weighted by molar-refractivity contribution is -0.384. The number of aromatic nitrogens is 2. The summed E-state index contributed by atoms with van der Waals surface area (Å²) < 4.78 is 13.7. The molecule has 0 unspecified atom stereocenters. The summed E-state index contributed by atoms with van der Waals surface area (Å²) in [5.74, 6) is -1.39. The van der Waals surface area contributed by atoms with E-state index in [9.17, 15) is 19.3 Å². The molecule has 7 nitrogen and oxygen atoms in total. The Labute approximate surface area is 133 Å². The van der Waals surface area contributed by atoms with Crippen LogP contribution in [0.15, 0.2) is 36.4 Å². The van der Waals surface area contributed by atoms with Gasteiger partial charge in [-0.1, -0.05) is 11.6 Å². The van der Waals surface area contributed by atoms with E-state index >= 15 is 0 Å². The zero-order chi connectivity index (χ0) is 16.6. The van der Waals surface area contributed by atoms with Crippen LogP contribution in [-0.4, -0.2) is 21.0 Å². The van der Waals surface area contributed by atoms with Crippen molar-refractivity contribution in [3.05, 3.63) is 63.0 Å². The first-order chi connectivity index (χ1) is 11.0. The summed E-state index contributed by atoms with van der Waals surface area (Å²) in [4.78, 5) is 22.5. The molecular formula is C14H8ClFN4O3. The van der Waals surface area contributed by atoms with Gasteiger partial charge in [-0.3, -0.25) is 20.0 Å². The maximum atomic E-state index is 13.7. The van der Waals surface area contributed by atoms with Crippen molar-refractivity contribution in [3.63, 3.8) is 0 Å². The number of non-ortho nitro benzene ring substituents is 1. The lowest BCUT2D eigenvalue weighted by Crippen LogP contribution is -2.13. The Morgan fingerprint density at radius 3 is 2.78 bits per heavy atom. The van der Waals surface area contributed by atoms with E-state index in [4.69, 9.17) is 11.6 Å². The molecule has 2 N–H and O–H groups in total. The molecule has 0 atom stereocenters. The van der Waals surface area contributed by atoms with Gasteiger partial charge in [-0.15, -0.1) is 0 Å². The molecule has 0 aliphatic heterocycles. The van der Waals surface area contributed by atoms with Crippen molar-refractivity contribution in [1.29, 1.82) is 0 Å². The fourth-order valence-corrected chi connectivity index (χ4v) is 2.22. The highest BCUT2D eigenvalue weighted by molar-refractivity contribution is 6.30. The van der Waals surface area contributed by atoms with Crippen LogP contribution in [0.3, 0.4) is 0 Å². The number of amides is 1. The Morgan fingerprint density at radius 2 is 2.09 bits per heavy atom. The number of nitrogens with one attached hydrogen (secondary N) is 2. The summed E-state index contributed by atoms with van der Waals surface area (Å²) >= 11 is 5.64. The lowest BCUT2D eigenvalue weighted by atomic mass is 10.2. The molecule has 0 fully saturated rings. The van der Waals surface area contributed by atoms with E-state index in [-0.39, 0.29) is 27.5 Å². The summed E-state index contributed by atoms with van der Waals surface area (Å²) in [6.07, 6.45) is 0. The predicted octanol–water partition coefficient (Wildman–Crippen LogP) is 3.52. The van der Waals surface area contributed by atoms with Crippen LogP contribution in [0.2, 0.25) is 5.02 Å². The second-order valence-electron chi connectivity index (χ2n) is 4.64. The first-order valence-electron chi connectivity index (χ1n) is 6.34. The molecule has 3 aromatic rings. The molecule has 1 aromatic heterocycles. The van der Waals surface area contributed by atoms with E-state index in [1.165, 1.54) is 30.3 Å². The van der Waals surface area contributed by atoms with Crippen LogP contribution in [0.1, 0.15) is 10.5 Å². The summed E-state index contributed by atoms with van der Waals surface area (Å²) in [6, 6.07) is 7.76. The van der Waals surface area contributed by atoms with Gasteiger partial charge in [0.05, 0.1) is 16.1 Å². The molecule has 0 aliphatic carbocycles. The van der Waals surface area contributed by atoms with Crippen molar-refractivity contribution >= 4 is 39.8 Å². The zero-order valence-electron chi connectivity index (χ0n) is 11.3. The average molecular weight is 335 g/mol. The number of carbonyl (C=O) groups excluding carboxylic acids is 1. The predicted molar refractivity (Wildman–Crippen MR) is 82.1 cm³/mol. The smallest absolute Gasteiger partial charge is 0.276 e. The third-order valence-electron chi connectivity index (χ3n) is 3.15. The molecule has 1 heterocycles. The maximum Gasteiger partial charge on any atom is 0.276 e. The van der Waals surface area contributed by atoms with Gasteiger partial charge >= 0.3 is 0 Å². The van der Waals surface area contributed by atoms with Crippen LogP contribution in [0.5, 0.6) is 0 Å². The molecule has 23 heavy (non-hydrogen) atoms. The Morgan fingerprint density at radius 1 is 1.30 bits per heavy atom. The molecular weight excluding hydrogens is 327 g/mol. The number of nitro groups is 1. The van der Waals surface area contributed by atoms with E-state index in [2.05, 4.69) is 15.5 Å². The summed E-state index contributed by atoms with van der Waals surface area (Å²) in [6.45, 7) is 0. The number of hydrogen-bond acceptors (Lipinski definition) is 4. The normalized spacial score (nSPS) is 10.7. The maximum absolute atomic E-state index is 13.7. The molecule has 9 heteroatoms. The highest BCUT2D eigenvalue weighted by Crippen LogP contribution is 2.24. The van der Waals surface area contributed by atoms with Crippen molar-refractivity contribution in [2.75, 3.05) is 5.32 Å². The highest BCUT2D eigenvalue weighted by atomic mass is 35.5. The SMILES string of the molecule is O=C(Nc1ccc(Cl)cc1F)c1n[nH]c2ccc([N+](=O)[O-])cc12. The number of carbonyl (C=O) groups is 1. The Balaban J connectivity index is 1.97. The Kier molecular flexibility index (Phi) is 3.67. The van der Waals surface area contributed by atoms with Gasteiger partial charge in [0, 0.05) is 22.5 Å². The van der Waals surface area contributed by atoms with Crippen LogP contribution < -0.4 is 5.32 Å². The van der Waals surface area contributed by atoms with Gasteiger partial charge in [0.1, 0.15) is 5.82 Å². The molecule has 1 amide bonds. The number of fused-ring (bicyclic) bond motifs is 1. The standard InChI is InChI=1S/C14H8ClFN4O3/c15-7-1-3-12(10(16)5-7)17-14(21)13-9-6-8(20(22)23)2-4-11(9)18-19-13/h1-6H,(H,17,21)(H,18,19). The van der Waals surface area contributed by atoms with Crippen molar-refractivity contribution in [1.82, 2.24) is 10.2 Å². The van der Waals surface area contributed by atoms with Crippen molar-refractivity contribution < 1.29 is 14.1 Å². The van der Waals surface area contributed by atoms with E-state index < -0.39 is 16.6 Å². The van der Waals surface area contributed by atoms with Crippen molar-refractivity contribution in [2.24, 2.45) is 0 Å².